The first-order chi connectivity index (χ1) is 13.9. The Balaban J connectivity index is 1.51. The summed E-state index contributed by atoms with van der Waals surface area (Å²) < 4.78 is 13.3. The van der Waals surface area contributed by atoms with Gasteiger partial charge in [0.15, 0.2) is 4.34 Å². The third kappa shape index (κ3) is 5.80. The van der Waals surface area contributed by atoms with E-state index in [0.29, 0.717) is 10.0 Å². The molecule has 0 unspecified atom stereocenters. The van der Waals surface area contributed by atoms with Crippen LogP contribution in [0.2, 0.25) is 0 Å². The highest BCUT2D eigenvalue weighted by Crippen LogP contribution is 2.26. The number of halogens is 1. The molecule has 148 valence electrons. The topological polar surface area (TPSA) is 127 Å². The quantitative estimate of drug-likeness (QED) is 0.252. The largest absolute Gasteiger partial charge is 0.325 e. The minimum absolute atomic E-state index is 0.0578. The number of carbonyl (C=O) groups excluding carboxylic acids is 2. The van der Waals surface area contributed by atoms with Crippen LogP contribution in [0, 0.1) is 15.9 Å². The zero-order valence-corrected chi connectivity index (χ0v) is 16.1. The Morgan fingerprint density at radius 3 is 2.41 bits per heavy atom. The number of carbonyl (C=O) groups is 2. The molecule has 1 heterocycles. The van der Waals surface area contributed by atoms with E-state index in [2.05, 4.69) is 20.8 Å². The molecule has 0 aliphatic carbocycles. The van der Waals surface area contributed by atoms with Gasteiger partial charge in [0.2, 0.25) is 11.0 Å². The van der Waals surface area contributed by atoms with Crippen molar-refractivity contribution in [3.8, 4) is 0 Å². The van der Waals surface area contributed by atoms with Gasteiger partial charge in [-0.15, -0.1) is 10.2 Å². The number of thioether (sulfide) groups is 1. The Morgan fingerprint density at radius 2 is 1.76 bits per heavy atom. The second-order valence-corrected chi connectivity index (χ2v) is 7.67. The third-order valence-corrected chi connectivity index (χ3v) is 5.39. The van der Waals surface area contributed by atoms with Gasteiger partial charge in [-0.3, -0.25) is 25.0 Å². The molecular weight excluding hydrogens is 421 g/mol. The van der Waals surface area contributed by atoms with Gasteiger partial charge in [0.25, 0.3) is 11.6 Å². The van der Waals surface area contributed by atoms with Crippen molar-refractivity contribution in [2.45, 2.75) is 4.34 Å². The SMILES string of the molecule is O=C(CSc1nnc(NC(=O)c2ccc([N+](=O)[O-])cc2)s1)Nc1ccc(F)cc1. The van der Waals surface area contributed by atoms with Gasteiger partial charge >= 0.3 is 0 Å². The van der Waals surface area contributed by atoms with Crippen molar-refractivity contribution in [2.24, 2.45) is 0 Å². The maximum Gasteiger partial charge on any atom is 0.269 e. The fourth-order valence-corrected chi connectivity index (χ4v) is 3.63. The molecule has 0 aliphatic rings. The summed E-state index contributed by atoms with van der Waals surface area (Å²) in [5.41, 5.74) is 0.596. The van der Waals surface area contributed by atoms with Crippen molar-refractivity contribution in [3.63, 3.8) is 0 Å². The Bertz CT molecular complexity index is 1040. The number of hydrogen-bond donors (Lipinski definition) is 2. The van der Waals surface area contributed by atoms with Crippen molar-refractivity contribution in [2.75, 3.05) is 16.4 Å². The lowest BCUT2D eigenvalue weighted by Crippen LogP contribution is -2.13. The van der Waals surface area contributed by atoms with Gasteiger partial charge in [-0.25, -0.2) is 4.39 Å². The second kappa shape index (κ2) is 9.21. The molecule has 0 aliphatic heterocycles. The van der Waals surface area contributed by atoms with Gasteiger partial charge in [-0.1, -0.05) is 23.1 Å². The number of nitrogens with zero attached hydrogens (tertiary/aromatic N) is 3. The number of amides is 2. The summed E-state index contributed by atoms with van der Waals surface area (Å²) in [6.45, 7) is 0. The number of nitro groups is 1. The first-order valence-corrected chi connectivity index (χ1v) is 9.78. The van der Waals surface area contributed by atoms with Gasteiger partial charge in [-0.05, 0) is 36.4 Å². The number of aromatic nitrogens is 2. The van der Waals surface area contributed by atoms with E-state index in [9.17, 15) is 24.1 Å². The van der Waals surface area contributed by atoms with Crippen LogP contribution in [0.15, 0.2) is 52.9 Å². The first-order valence-electron chi connectivity index (χ1n) is 7.98. The number of nitro benzene ring substituents is 1. The number of non-ortho nitro benzene ring substituents is 1. The van der Waals surface area contributed by atoms with Crippen LogP contribution in [-0.4, -0.2) is 32.7 Å². The summed E-state index contributed by atoms with van der Waals surface area (Å²) in [7, 11) is 0. The number of benzene rings is 2. The summed E-state index contributed by atoms with van der Waals surface area (Å²) in [5, 5.41) is 23.8. The number of nitrogens with one attached hydrogen (secondary N) is 2. The van der Waals surface area contributed by atoms with Crippen LogP contribution in [0.25, 0.3) is 0 Å². The fraction of sp³-hybridized carbons (Fsp3) is 0.0588. The van der Waals surface area contributed by atoms with E-state index >= 15 is 0 Å². The average molecular weight is 433 g/mol. The van der Waals surface area contributed by atoms with E-state index in [1.54, 1.807) is 0 Å². The Labute approximate surface area is 171 Å². The number of rotatable bonds is 7. The van der Waals surface area contributed by atoms with Gasteiger partial charge < -0.3 is 5.32 Å². The number of hydrogen-bond acceptors (Lipinski definition) is 8. The maximum absolute atomic E-state index is 12.9. The standard InChI is InChI=1S/C17H12FN5O4S2/c18-11-3-5-12(6-4-11)19-14(24)9-28-17-22-21-16(29-17)20-15(25)10-1-7-13(8-2-10)23(26)27/h1-8H,9H2,(H,19,24)(H,20,21,25). The minimum Gasteiger partial charge on any atom is -0.325 e. The van der Waals surface area contributed by atoms with E-state index in [0.717, 1.165) is 23.1 Å². The molecule has 0 saturated heterocycles. The highest BCUT2D eigenvalue weighted by Gasteiger charge is 2.13. The predicted octanol–water partition coefficient (Wildman–Crippen LogP) is 3.57. The Hall–Kier alpha value is -3.38. The fourth-order valence-electron chi connectivity index (χ4n) is 2.08. The van der Waals surface area contributed by atoms with E-state index in [1.165, 1.54) is 48.5 Å². The lowest BCUT2D eigenvalue weighted by Gasteiger charge is -2.03. The van der Waals surface area contributed by atoms with Crippen molar-refractivity contribution < 1.29 is 18.9 Å². The molecule has 2 aromatic carbocycles. The smallest absolute Gasteiger partial charge is 0.269 e. The highest BCUT2D eigenvalue weighted by atomic mass is 32.2. The zero-order valence-electron chi connectivity index (χ0n) is 14.5. The number of anilines is 2. The van der Waals surface area contributed by atoms with Crippen LogP contribution < -0.4 is 10.6 Å². The summed E-state index contributed by atoms with van der Waals surface area (Å²) in [6, 6.07) is 10.5. The highest BCUT2D eigenvalue weighted by molar-refractivity contribution is 8.01. The van der Waals surface area contributed by atoms with Gasteiger partial charge in [0.05, 0.1) is 10.7 Å². The lowest BCUT2D eigenvalue weighted by molar-refractivity contribution is -0.384. The van der Waals surface area contributed by atoms with E-state index in [1.807, 2.05) is 0 Å². The Kier molecular flexibility index (Phi) is 6.46. The second-order valence-electron chi connectivity index (χ2n) is 5.47. The molecule has 0 spiro atoms. The molecule has 0 radical (unpaired) electrons. The van der Waals surface area contributed by atoms with Crippen LogP contribution in [0.4, 0.5) is 20.9 Å². The molecule has 0 bridgehead atoms. The van der Waals surface area contributed by atoms with Gasteiger partial charge in [-0.2, -0.15) is 0 Å². The van der Waals surface area contributed by atoms with E-state index < -0.39 is 16.6 Å². The van der Waals surface area contributed by atoms with Crippen molar-refractivity contribution >= 4 is 51.4 Å². The van der Waals surface area contributed by atoms with Gasteiger partial charge in [0, 0.05) is 23.4 Å². The summed E-state index contributed by atoms with van der Waals surface area (Å²) >= 11 is 2.22. The normalized spacial score (nSPS) is 10.4. The van der Waals surface area contributed by atoms with Crippen LogP contribution >= 0.6 is 23.1 Å². The van der Waals surface area contributed by atoms with Crippen LogP contribution in [0.5, 0.6) is 0 Å². The summed E-state index contributed by atoms with van der Waals surface area (Å²) in [4.78, 5) is 34.2. The maximum atomic E-state index is 12.9. The summed E-state index contributed by atoms with van der Waals surface area (Å²) in [6.07, 6.45) is 0. The molecule has 3 aromatic rings. The molecule has 29 heavy (non-hydrogen) atoms. The van der Waals surface area contributed by atoms with Crippen molar-refractivity contribution in [1.82, 2.24) is 10.2 Å². The molecule has 0 fully saturated rings. The Morgan fingerprint density at radius 1 is 1.07 bits per heavy atom. The molecular formula is C17H12FN5O4S2. The van der Waals surface area contributed by atoms with E-state index in [-0.39, 0.29) is 28.0 Å². The average Bonchev–Trinajstić information content (AvgIpc) is 3.15. The van der Waals surface area contributed by atoms with Crippen LogP contribution in [-0.2, 0) is 4.79 Å². The van der Waals surface area contributed by atoms with E-state index in [4.69, 9.17) is 0 Å². The minimum atomic E-state index is -0.553. The molecule has 2 N–H and O–H groups in total. The molecule has 0 saturated carbocycles. The molecule has 0 atom stereocenters. The molecule has 3 rings (SSSR count). The molecule has 9 nitrogen and oxygen atoms in total. The third-order valence-electron chi connectivity index (χ3n) is 3.42. The van der Waals surface area contributed by atoms with Crippen LogP contribution in [0.3, 0.4) is 0 Å². The molecule has 1 aromatic heterocycles. The van der Waals surface area contributed by atoms with Crippen molar-refractivity contribution in [1.29, 1.82) is 0 Å². The summed E-state index contributed by atoms with van der Waals surface area (Å²) in [5.74, 6) is -1.12. The lowest BCUT2D eigenvalue weighted by atomic mass is 10.2. The van der Waals surface area contributed by atoms with Crippen molar-refractivity contribution in [3.05, 3.63) is 70.0 Å². The monoisotopic (exact) mass is 433 g/mol. The zero-order chi connectivity index (χ0) is 20.8. The predicted molar refractivity (Wildman–Crippen MR) is 107 cm³/mol. The van der Waals surface area contributed by atoms with Gasteiger partial charge in [0.1, 0.15) is 5.82 Å². The van der Waals surface area contributed by atoms with Crippen LogP contribution in [0.1, 0.15) is 10.4 Å². The first kappa shape index (κ1) is 20.4. The molecule has 12 heteroatoms. The molecule has 2 amide bonds.